The van der Waals surface area contributed by atoms with Crippen LogP contribution in [0, 0.1) is 11.8 Å². The molecule has 300 valence electrons. The molecule has 2 aliphatic heterocycles. The molecule has 2 fully saturated rings. The zero-order valence-corrected chi connectivity index (χ0v) is 33.0. The summed E-state index contributed by atoms with van der Waals surface area (Å²) in [5.74, 6) is 0.712. The van der Waals surface area contributed by atoms with E-state index >= 15 is 0 Å². The molecule has 3 aromatic carbocycles. The number of nitrogens with zero attached hydrogens (tertiary/aromatic N) is 4. The number of aliphatic hydroxyl groups excluding tert-OH is 3. The number of aliphatic hydroxyl groups is 3. The van der Waals surface area contributed by atoms with Gasteiger partial charge in [-0.3, -0.25) is 14.2 Å². The Hall–Kier alpha value is -4.70. The van der Waals surface area contributed by atoms with Crippen molar-refractivity contribution in [3.8, 4) is 0 Å². The molecule has 0 bridgehead atoms. The van der Waals surface area contributed by atoms with Crippen LogP contribution in [0.1, 0.15) is 61.9 Å². The predicted molar refractivity (Wildman–Crippen MR) is 218 cm³/mol. The van der Waals surface area contributed by atoms with Gasteiger partial charge in [0.1, 0.15) is 41.2 Å². The zero-order valence-electron chi connectivity index (χ0n) is 32.1. The number of fused-ring (bicyclic) bond motifs is 1. The van der Waals surface area contributed by atoms with E-state index in [2.05, 4.69) is 43.9 Å². The summed E-state index contributed by atoms with van der Waals surface area (Å²) in [4.78, 5) is 40.7. The monoisotopic (exact) mass is 793 g/mol. The van der Waals surface area contributed by atoms with Gasteiger partial charge < -0.3 is 36.0 Å². The molecule has 57 heavy (non-hydrogen) atoms. The van der Waals surface area contributed by atoms with E-state index in [1.165, 1.54) is 12.7 Å². The molecule has 2 saturated heterocycles. The van der Waals surface area contributed by atoms with E-state index in [1.54, 1.807) is 23.3 Å². The van der Waals surface area contributed by atoms with Crippen LogP contribution < -0.4 is 16.0 Å². The topological polar surface area (TPSA) is 184 Å². The average Bonchev–Trinajstić information content (AvgIpc) is 3.80. The number of amides is 2. The Morgan fingerprint density at radius 3 is 2.35 bits per heavy atom. The molecule has 2 aliphatic rings. The summed E-state index contributed by atoms with van der Waals surface area (Å²) >= 11 is 1.62. The van der Waals surface area contributed by atoms with Gasteiger partial charge in [-0.25, -0.2) is 15.0 Å². The van der Waals surface area contributed by atoms with Crippen molar-refractivity contribution in [2.45, 2.75) is 87.1 Å². The highest BCUT2D eigenvalue weighted by Gasteiger charge is 2.44. The second-order valence-corrected chi connectivity index (χ2v) is 16.0. The van der Waals surface area contributed by atoms with Crippen LogP contribution >= 0.6 is 11.8 Å². The maximum atomic E-state index is 14.3. The molecule has 4 unspecified atom stereocenters. The number of hydrogen-bond donors (Lipinski definition) is 6. The Morgan fingerprint density at radius 2 is 1.67 bits per heavy atom. The number of benzene rings is 3. The van der Waals surface area contributed by atoms with Crippen LogP contribution in [0.5, 0.6) is 0 Å². The van der Waals surface area contributed by atoms with Crippen molar-refractivity contribution >= 4 is 40.4 Å². The average molecular weight is 794 g/mol. The van der Waals surface area contributed by atoms with E-state index in [-0.39, 0.29) is 18.2 Å². The van der Waals surface area contributed by atoms with Crippen LogP contribution in [0.15, 0.2) is 103 Å². The van der Waals surface area contributed by atoms with Gasteiger partial charge >= 0.3 is 0 Å². The number of para-hydroxylation sites is 1. The number of carbonyl (C=O) groups is 2. The Balaban J connectivity index is 1.01. The second-order valence-electron chi connectivity index (χ2n) is 15.0. The lowest BCUT2D eigenvalue weighted by molar-refractivity contribution is -0.126. The number of thioether (sulfide) groups is 1. The molecule has 0 spiro atoms. The highest BCUT2D eigenvalue weighted by molar-refractivity contribution is 7.99. The van der Waals surface area contributed by atoms with Crippen molar-refractivity contribution in [1.29, 1.82) is 0 Å². The van der Waals surface area contributed by atoms with Crippen molar-refractivity contribution in [2.24, 2.45) is 11.8 Å². The van der Waals surface area contributed by atoms with Gasteiger partial charge in [0.25, 0.3) is 0 Å². The summed E-state index contributed by atoms with van der Waals surface area (Å²) in [6, 6.07) is 27.1. The number of hydrogen-bond acceptors (Lipinski definition) is 11. The quantitative estimate of drug-likeness (QED) is 0.0651. The fourth-order valence-corrected chi connectivity index (χ4v) is 9.19. The normalized spacial score (nSPS) is 24.1. The Labute approximate surface area is 336 Å². The SMILES string of the molecule is CCC(=O)N[C@H](C(=O)Nc1ccccc1CC[C@@H]1CN[C@H](C)[C@@H](CSc2ncnc3c2ncn3C2OC(CO)C(O)C2O)C1)C(c1ccccc1)c1ccccc1. The van der Waals surface area contributed by atoms with Crippen LogP contribution in [-0.4, -0.2) is 96.0 Å². The number of aryl methyl sites for hydroxylation is 1. The lowest BCUT2D eigenvalue weighted by Gasteiger charge is -2.35. The first-order valence-electron chi connectivity index (χ1n) is 19.7. The lowest BCUT2D eigenvalue weighted by atomic mass is 9.83. The summed E-state index contributed by atoms with van der Waals surface area (Å²) in [5.41, 5.74) is 4.73. The number of nitrogens with one attached hydrogen (secondary N) is 3. The Bertz CT molecular complexity index is 2070. The second kappa shape index (κ2) is 18.7. The van der Waals surface area contributed by atoms with Crippen LogP contribution in [0.25, 0.3) is 11.2 Å². The van der Waals surface area contributed by atoms with E-state index in [4.69, 9.17) is 4.74 Å². The number of ether oxygens (including phenoxy) is 1. The maximum absolute atomic E-state index is 14.3. The molecule has 6 N–H and O–H groups in total. The molecular weight excluding hydrogens is 743 g/mol. The van der Waals surface area contributed by atoms with Gasteiger partial charge in [0, 0.05) is 29.8 Å². The van der Waals surface area contributed by atoms with Gasteiger partial charge in [-0.15, -0.1) is 11.8 Å². The summed E-state index contributed by atoms with van der Waals surface area (Å²) in [5, 5.41) is 41.1. The predicted octanol–water partition coefficient (Wildman–Crippen LogP) is 4.44. The van der Waals surface area contributed by atoms with E-state index in [0.29, 0.717) is 29.0 Å². The summed E-state index contributed by atoms with van der Waals surface area (Å²) < 4.78 is 7.30. The van der Waals surface area contributed by atoms with Crippen molar-refractivity contribution in [2.75, 3.05) is 24.2 Å². The molecule has 0 aliphatic carbocycles. The molecule has 7 rings (SSSR count). The van der Waals surface area contributed by atoms with Gasteiger partial charge in [-0.1, -0.05) is 85.8 Å². The molecular formula is C43H51N7O6S. The van der Waals surface area contributed by atoms with Crippen LogP contribution in [-0.2, 0) is 20.7 Å². The molecule has 5 aromatic rings. The minimum atomic E-state index is -1.24. The number of piperidine rings is 1. The first-order chi connectivity index (χ1) is 27.7. The standard InChI is InChI=1S/C43H51N7O6S/c1-3-34(52)49-36(35(29-13-6-4-7-14-29)30-15-8-5-9-16-30)41(55)48-32-17-11-10-12-28(32)19-18-27-20-31(26(2)44-21-27)23-57-42-37-40(45-24-46-42)50(25-47-37)43-39(54)38(53)33(22-51)56-43/h4-17,24-27,31,33,35-36,38-39,43-44,51,53-54H,3,18-23H2,1-2H3,(H,48,55)(H,49,52)/t26-,27+,31-,33?,36+,38?,39?,43?/m1/s1. The maximum Gasteiger partial charge on any atom is 0.247 e. The molecule has 4 heterocycles. The highest BCUT2D eigenvalue weighted by Crippen LogP contribution is 2.36. The molecule has 0 radical (unpaired) electrons. The molecule has 0 saturated carbocycles. The van der Waals surface area contributed by atoms with Gasteiger partial charge in [0.2, 0.25) is 11.8 Å². The van der Waals surface area contributed by atoms with Crippen molar-refractivity contribution in [3.05, 3.63) is 114 Å². The third-order valence-electron chi connectivity index (χ3n) is 11.3. The third kappa shape index (κ3) is 9.22. The van der Waals surface area contributed by atoms with E-state index in [1.807, 2.05) is 78.9 Å². The number of imidazole rings is 1. The third-order valence-corrected chi connectivity index (χ3v) is 12.5. The van der Waals surface area contributed by atoms with E-state index < -0.39 is 43.1 Å². The minimum Gasteiger partial charge on any atom is -0.394 e. The summed E-state index contributed by atoms with van der Waals surface area (Å²) in [6.07, 6.45) is 1.67. The number of aromatic nitrogens is 4. The highest BCUT2D eigenvalue weighted by atomic mass is 32.2. The molecule has 13 nitrogen and oxygen atoms in total. The van der Waals surface area contributed by atoms with Crippen molar-refractivity contribution < 1.29 is 29.6 Å². The summed E-state index contributed by atoms with van der Waals surface area (Å²) in [6.45, 7) is 4.48. The lowest BCUT2D eigenvalue weighted by Crippen LogP contribution is -2.48. The number of rotatable bonds is 15. The summed E-state index contributed by atoms with van der Waals surface area (Å²) in [7, 11) is 0. The van der Waals surface area contributed by atoms with Gasteiger partial charge in [0.05, 0.1) is 12.9 Å². The Morgan fingerprint density at radius 1 is 0.965 bits per heavy atom. The van der Waals surface area contributed by atoms with Crippen molar-refractivity contribution in [1.82, 2.24) is 30.2 Å². The van der Waals surface area contributed by atoms with Crippen molar-refractivity contribution in [3.63, 3.8) is 0 Å². The van der Waals surface area contributed by atoms with Crippen LogP contribution in [0.4, 0.5) is 5.69 Å². The first kappa shape index (κ1) is 40.5. The largest absolute Gasteiger partial charge is 0.394 e. The number of carbonyl (C=O) groups excluding carboxylic acids is 2. The van der Waals surface area contributed by atoms with E-state index in [0.717, 1.165) is 59.0 Å². The smallest absolute Gasteiger partial charge is 0.247 e. The van der Waals surface area contributed by atoms with Crippen LogP contribution in [0.3, 0.4) is 0 Å². The zero-order chi connectivity index (χ0) is 39.9. The number of anilines is 1. The van der Waals surface area contributed by atoms with E-state index in [9.17, 15) is 24.9 Å². The van der Waals surface area contributed by atoms with Gasteiger partial charge in [0.15, 0.2) is 11.9 Å². The van der Waals surface area contributed by atoms with Gasteiger partial charge in [-0.2, -0.15) is 0 Å². The minimum absolute atomic E-state index is 0.193. The Kier molecular flexibility index (Phi) is 13.3. The first-order valence-corrected chi connectivity index (χ1v) is 20.7. The molecule has 8 atom stereocenters. The fraction of sp³-hybridized carbons (Fsp3) is 0.419. The molecule has 14 heteroatoms. The van der Waals surface area contributed by atoms with Gasteiger partial charge in [-0.05, 0) is 67.3 Å². The fourth-order valence-electron chi connectivity index (χ4n) is 7.99. The molecule has 2 aromatic heterocycles. The van der Waals surface area contributed by atoms with Crippen LogP contribution in [0.2, 0.25) is 0 Å². The molecule has 2 amide bonds.